The summed E-state index contributed by atoms with van der Waals surface area (Å²) in [7, 11) is 0. The van der Waals surface area contributed by atoms with E-state index in [1.165, 1.54) is 11.1 Å². The van der Waals surface area contributed by atoms with Crippen molar-refractivity contribution >= 4 is 0 Å². The number of ether oxygens (including phenoxy) is 3. The van der Waals surface area contributed by atoms with Gasteiger partial charge in [0, 0.05) is 0 Å². The van der Waals surface area contributed by atoms with Crippen molar-refractivity contribution < 1.29 is 14.2 Å². The normalized spacial score (nSPS) is 10.6. The third-order valence-electron chi connectivity index (χ3n) is 6.28. The summed E-state index contributed by atoms with van der Waals surface area (Å²) in [6.07, 6.45) is 0. The Morgan fingerprint density at radius 2 is 0.410 bits per heavy atom. The first-order valence-corrected chi connectivity index (χ1v) is 12.8. The Hall–Kier alpha value is -5.28. The summed E-state index contributed by atoms with van der Waals surface area (Å²) >= 11 is 0. The maximum absolute atomic E-state index is 6.01. The third-order valence-corrected chi connectivity index (χ3v) is 6.28. The van der Waals surface area contributed by atoms with E-state index in [2.05, 4.69) is 48.5 Å². The van der Waals surface area contributed by atoms with Crippen LogP contribution in [0.2, 0.25) is 0 Å². The molecule has 0 unspecified atom stereocenters. The van der Waals surface area contributed by atoms with Crippen LogP contribution >= 0.6 is 0 Å². The highest BCUT2D eigenvalue weighted by Gasteiger charge is 2.04. The van der Waals surface area contributed by atoms with Crippen LogP contribution in [-0.4, -0.2) is 0 Å². The first-order chi connectivity index (χ1) is 19.3. The number of hydrogen-bond donors (Lipinski definition) is 0. The summed E-state index contributed by atoms with van der Waals surface area (Å²) < 4.78 is 18.0. The van der Waals surface area contributed by atoms with Gasteiger partial charge >= 0.3 is 0 Å². The van der Waals surface area contributed by atoms with Gasteiger partial charge in [-0.25, -0.2) is 0 Å². The molecule has 3 nitrogen and oxygen atoms in total. The average molecular weight is 507 g/mol. The van der Waals surface area contributed by atoms with Crippen LogP contribution in [0.25, 0.3) is 22.3 Å². The van der Waals surface area contributed by atoms with Crippen molar-refractivity contribution in [1.82, 2.24) is 0 Å². The monoisotopic (exact) mass is 506 g/mol. The molecule has 0 saturated carbocycles. The first-order valence-electron chi connectivity index (χ1n) is 12.8. The minimum absolute atomic E-state index is 0.729. The van der Waals surface area contributed by atoms with Gasteiger partial charge in [0.25, 0.3) is 0 Å². The minimum Gasteiger partial charge on any atom is -0.457 e. The molecule has 0 aromatic heterocycles. The van der Waals surface area contributed by atoms with Crippen molar-refractivity contribution in [2.45, 2.75) is 0 Å². The van der Waals surface area contributed by atoms with Crippen molar-refractivity contribution in [3.8, 4) is 56.8 Å². The summed E-state index contributed by atoms with van der Waals surface area (Å²) in [5.74, 6) is 4.52. The van der Waals surface area contributed by atoms with Crippen molar-refractivity contribution in [2.24, 2.45) is 0 Å². The SMILES string of the molecule is c1ccc(-c2ccc(Oc3ccc(Oc4ccc(Oc5ccc(-c6ccccc6)cc5)cc4)cc3)cc2)cc1. The van der Waals surface area contributed by atoms with Crippen LogP contribution in [0, 0.1) is 0 Å². The van der Waals surface area contributed by atoms with Crippen LogP contribution < -0.4 is 14.2 Å². The maximum Gasteiger partial charge on any atom is 0.127 e. The Labute approximate surface area is 228 Å². The van der Waals surface area contributed by atoms with E-state index >= 15 is 0 Å². The second kappa shape index (κ2) is 11.4. The fourth-order valence-corrected chi connectivity index (χ4v) is 4.25. The lowest BCUT2D eigenvalue weighted by Gasteiger charge is -2.10. The fraction of sp³-hybridized carbons (Fsp3) is 0. The van der Waals surface area contributed by atoms with E-state index in [1.54, 1.807) is 0 Å². The minimum atomic E-state index is 0.729. The zero-order chi connectivity index (χ0) is 26.3. The van der Waals surface area contributed by atoms with Gasteiger partial charge in [0.2, 0.25) is 0 Å². The molecule has 3 heteroatoms. The van der Waals surface area contributed by atoms with E-state index in [-0.39, 0.29) is 0 Å². The lowest BCUT2D eigenvalue weighted by Crippen LogP contribution is -1.88. The van der Waals surface area contributed by atoms with E-state index in [0.717, 1.165) is 45.6 Å². The number of rotatable bonds is 8. The molecule has 0 aliphatic carbocycles. The predicted octanol–water partition coefficient (Wildman–Crippen LogP) is 10.4. The molecule has 0 radical (unpaired) electrons. The molecule has 6 aromatic carbocycles. The van der Waals surface area contributed by atoms with Crippen molar-refractivity contribution in [1.29, 1.82) is 0 Å². The van der Waals surface area contributed by atoms with Gasteiger partial charge in [0.1, 0.15) is 34.5 Å². The van der Waals surface area contributed by atoms with E-state index in [1.807, 2.05) is 109 Å². The van der Waals surface area contributed by atoms with Crippen molar-refractivity contribution in [3.63, 3.8) is 0 Å². The van der Waals surface area contributed by atoms with Gasteiger partial charge in [0.05, 0.1) is 0 Å². The highest BCUT2D eigenvalue weighted by atomic mass is 16.5. The smallest absolute Gasteiger partial charge is 0.127 e. The molecule has 0 aliphatic rings. The van der Waals surface area contributed by atoms with Gasteiger partial charge in [-0.15, -0.1) is 0 Å². The molecule has 0 N–H and O–H groups in total. The third kappa shape index (κ3) is 6.17. The Bertz CT molecular complexity index is 1480. The van der Waals surface area contributed by atoms with Crippen molar-refractivity contribution in [2.75, 3.05) is 0 Å². The van der Waals surface area contributed by atoms with Gasteiger partial charge in [-0.05, 0) is 95.1 Å². The Balaban J connectivity index is 1.03. The zero-order valence-electron chi connectivity index (χ0n) is 21.2. The predicted molar refractivity (Wildman–Crippen MR) is 157 cm³/mol. The lowest BCUT2D eigenvalue weighted by atomic mass is 10.1. The highest BCUT2D eigenvalue weighted by Crippen LogP contribution is 2.31. The molecule has 0 bridgehead atoms. The topological polar surface area (TPSA) is 27.7 Å². The van der Waals surface area contributed by atoms with Crippen LogP contribution in [-0.2, 0) is 0 Å². The second-order valence-electron chi connectivity index (χ2n) is 9.03. The van der Waals surface area contributed by atoms with Gasteiger partial charge in [-0.2, -0.15) is 0 Å². The molecule has 0 aliphatic heterocycles. The summed E-state index contributed by atoms with van der Waals surface area (Å²) in [5.41, 5.74) is 4.68. The summed E-state index contributed by atoms with van der Waals surface area (Å²) in [4.78, 5) is 0. The highest BCUT2D eigenvalue weighted by molar-refractivity contribution is 5.65. The first kappa shape index (κ1) is 24.1. The Kier molecular flexibility index (Phi) is 7.04. The van der Waals surface area contributed by atoms with E-state index in [0.29, 0.717) is 0 Å². The Morgan fingerprint density at radius 3 is 0.667 bits per heavy atom. The van der Waals surface area contributed by atoms with Crippen LogP contribution in [0.5, 0.6) is 34.5 Å². The van der Waals surface area contributed by atoms with Gasteiger partial charge in [-0.3, -0.25) is 0 Å². The summed E-state index contributed by atoms with van der Waals surface area (Å²) in [6, 6.07) is 51.9. The molecule has 0 fully saturated rings. The quantitative estimate of drug-likeness (QED) is 0.205. The molecule has 6 aromatic rings. The van der Waals surface area contributed by atoms with Gasteiger partial charge in [0.15, 0.2) is 0 Å². The molecule has 0 amide bonds. The van der Waals surface area contributed by atoms with E-state index in [4.69, 9.17) is 14.2 Å². The molecule has 39 heavy (non-hydrogen) atoms. The molecule has 0 spiro atoms. The van der Waals surface area contributed by atoms with Gasteiger partial charge in [-0.1, -0.05) is 84.9 Å². The van der Waals surface area contributed by atoms with Gasteiger partial charge < -0.3 is 14.2 Å². The second-order valence-corrected chi connectivity index (χ2v) is 9.03. The average Bonchev–Trinajstić information content (AvgIpc) is 3.01. The number of hydrogen-bond acceptors (Lipinski definition) is 3. The molecule has 188 valence electrons. The summed E-state index contributed by atoms with van der Waals surface area (Å²) in [5, 5.41) is 0. The molecule has 0 saturated heterocycles. The van der Waals surface area contributed by atoms with E-state index < -0.39 is 0 Å². The van der Waals surface area contributed by atoms with E-state index in [9.17, 15) is 0 Å². The molecule has 6 rings (SSSR count). The fourth-order valence-electron chi connectivity index (χ4n) is 4.25. The molecule has 0 atom stereocenters. The Morgan fingerprint density at radius 1 is 0.205 bits per heavy atom. The molecule has 0 heterocycles. The largest absolute Gasteiger partial charge is 0.457 e. The maximum atomic E-state index is 6.01. The van der Waals surface area contributed by atoms with Crippen LogP contribution in [0.3, 0.4) is 0 Å². The van der Waals surface area contributed by atoms with Crippen LogP contribution in [0.1, 0.15) is 0 Å². The molecular formula is C36H26O3. The number of benzene rings is 6. The van der Waals surface area contributed by atoms with Crippen LogP contribution in [0.4, 0.5) is 0 Å². The zero-order valence-corrected chi connectivity index (χ0v) is 21.2. The van der Waals surface area contributed by atoms with Crippen molar-refractivity contribution in [3.05, 3.63) is 158 Å². The summed E-state index contributed by atoms with van der Waals surface area (Å²) in [6.45, 7) is 0. The molecular weight excluding hydrogens is 480 g/mol. The standard InChI is InChI=1S/C36H26O3/c1-3-7-27(8-4-1)29-11-15-31(16-12-29)37-33-19-23-35(24-20-33)39-36-25-21-34(22-26-36)38-32-17-13-30(14-18-32)28-9-5-2-6-10-28/h1-26H. The van der Waals surface area contributed by atoms with Crippen LogP contribution in [0.15, 0.2) is 158 Å². The lowest BCUT2D eigenvalue weighted by molar-refractivity contribution is 0.464.